The van der Waals surface area contributed by atoms with Crippen LogP contribution in [0.25, 0.3) is 33.4 Å². The van der Waals surface area contributed by atoms with Gasteiger partial charge >= 0.3 is 0 Å². The maximum atomic E-state index is 13.9. The summed E-state index contributed by atoms with van der Waals surface area (Å²) in [7, 11) is 3.31. The molecular weight excluding hydrogens is 698 g/mol. The van der Waals surface area contributed by atoms with Gasteiger partial charge in [0.1, 0.15) is 18.5 Å². The van der Waals surface area contributed by atoms with Crippen molar-refractivity contribution in [3.05, 3.63) is 118 Å². The normalized spacial score (nSPS) is 16.7. The van der Waals surface area contributed by atoms with Crippen LogP contribution in [0.4, 0.5) is 5.82 Å². The molecule has 3 aromatic carbocycles. The fourth-order valence-electron chi connectivity index (χ4n) is 7.09. The van der Waals surface area contributed by atoms with E-state index in [4.69, 9.17) is 34.2 Å². The summed E-state index contributed by atoms with van der Waals surface area (Å²) in [6.07, 6.45) is 6.60. The van der Waals surface area contributed by atoms with E-state index in [-0.39, 0.29) is 29.3 Å². The van der Waals surface area contributed by atoms with E-state index in [0.717, 1.165) is 51.8 Å². The van der Waals surface area contributed by atoms with Crippen LogP contribution in [0.15, 0.2) is 96.2 Å². The Morgan fingerprint density at radius 3 is 2.29 bits per heavy atom. The molecule has 2 saturated heterocycles. The second kappa shape index (κ2) is 17.0. The van der Waals surface area contributed by atoms with Gasteiger partial charge < -0.3 is 38.7 Å². The number of hydrogen-bond acceptors (Lipinski definition) is 10. The van der Waals surface area contributed by atoms with E-state index in [1.54, 1.807) is 26.6 Å². The van der Waals surface area contributed by atoms with E-state index in [0.29, 0.717) is 69.1 Å². The highest BCUT2D eigenvalue weighted by Crippen LogP contribution is 2.35. The molecule has 2 aliphatic heterocycles. The van der Waals surface area contributed by atoms with Crippen molar-refractivity contribution in [2.45, 2.75) is 44.4 Å². The van der Waals surface area contributed by atoms with Gasteiger partial charge in [-0.05, 0) is 47.4 Å². The SMILES string of the molecule is COc1cc(-c2cnc(N)c(-c3ccc(CC(=O)c4cn(CC5(OC)CCOCC5)cc(-c5ccc(C)cc5)c4=O)cc3)c2)ccc1OC[C@H]1COCCO1. The number of pyridine rings is 2. The topological polar surface area (TPSA) is 133 Å². The van der Waals surface area contributed by atoms with Crippen LogP contribution in [-0.4, -0.2) is 80.9 Å². The summed E-state index contributed by atoms with van der Waals surface area (Å²) in [6.45, 7) is 5.68. The molecule has 2 N–H and O–H groups in total. The van der Waals surface area contributed by atoms with Crippen molar-refractivity contribution < 1.29 is 33.2 Å². The zero-order chi connectivity index (χ0) is 38.4. The van der Waals surface area contributed by atoms with Crippen LogP contribution in [0.2, 0.25) is 0 Å². The molecule has 55 heavy (non-hydrogen) atoms. The second-order valence-corrected chi connectivity index (χ2v) is 14.2. The number of Topliss-reactive ketones (excluding diaryl/α,β-unsaturated/α-hetero) is 1. The number of nitrogen functional groups attached to an aromatic ring is 1. The Morgan fingerprint density at radius 1 is 0.855 bits per heavy atom. The quantitative estimate of drug-likeness (QED) is 0.132. The molecule has 0 spiro atoms. The number of benzene rings is 3. The number of carbonyl (C=O) groups excluding carboxylic acids is 1. The van der Waals surface area contributed by atoms with Crippen LogP contribution in [-0.2, 0) is 31.9 Å². The minimum Gasteiger partial charge on any atom is -0.493 e. The van der Waals surface area contributed by atoms with Crippen LogP contribution in [0.1, 0.15) is 34.3 Å². The van der Waals surface area contributed by atoms with Gasteiger partial charge in [-0.15, -0.1) is 0 Å². The molecule has 0 saturated carbocycles. The Bertz CT molecular complexity index is 2170. The highest BCUT2D eigenvalue weighted by molar-refractivity contribution is 5.98. The molecule has 0 radical (unpaired) electrons. The molecule has 2 aromatic heterocycles. The zero-order valence-corrected chi connectivity index (χ0v) is 31.5. The summed E-state index contributed by atoms with van der Waals surface area (Å²) >= 11 is 0. The second-order valence-electron chi connectivity index (χ2n) is 14.2. The summed E-state index contributed by atoms with van der Waals surface area (Å²) in [4.78, 5) is 32.4. The molecule has 4 heterocycles. The maximum absolute atomic E-state index is 13.9. The molecule has 11 heteroatoms. The third-order valence-electron chi connectivity index (χ3n) is 10.4. The van der Waals surface area contributed by atoms with Crippen molar-refractivity contribution in [2.24, 2.45) is 0 Å². The van der Waals surface area contributed by atoms with E-state index in [2.05, 4.69) is 4.98 Å². The van der Waals surface area contributed by atoms with Crippen LogP contribution in [0.3, 0.4) is 0 Å². The van der Waals surface area contributed by atoms with E-state index in [1.807, 2.05) is 90.5 Å². The van der Waals surface area contributed by atoms with Crippen molar-refractivity contribution in [1.82, 2.24) is 9.55 Å². The van der Waals surface area contributed by atoms with Gasteiger partial charge in [-0.1, -0.05) is 60.2 Å². The molecule has 286 valence electrons. The highest BCUT2D eigenvalue weighted by atomic mass is 16.6. The van der Waals surface area contributed by atoms with E-state index >= 15 is 0 Å². The predicted molar refractivity (Wildman–Crippen MR) is 211 cm³/mol. The van der Waals surface area contributed by atoms with Crippen molar-refractivity contribution in [3.63, 3.8) is 0 Å². The summed E-state index contributed by atoms with van der Waals surface area (Å²) < 4.78 is 36.4. The van der Waals surface area contributed by atoms with Gasteiger partial charge in [0.15, 0.2) is 22.7 Å². The minimum atomic E-state index is -0.452. The van der Waals surface area contributed by atoms with Gasteiger partial charge in [0.05, 0.1) is 44.6 Å². The fourth-order valence-corrected chi connectivity index (χ4v) is 7.09. The summed E-state index contributed by atoms with van der Waals surface area (Å²) in [6, 6.07) is 23.1. The van der Waals surface area contributed by atoms with Gasteiger partial charge in [-0.3, -0.25) is 9.59 Å². The molecule has 0 amide bonds. The van der Waals surface area contributed by atoms with Crippen molar-refractivity contribution in [3.8, 4) is 44.9 Å². The Morgan fingerprint density at radius 2 is 1.58 bits per heavy atom. The molecule has 11 nitrogen and oxygen atoms in total. The first kappa shape index (κ1) is 38.0. The van der Waals surface area contributed by atoms with E-state index < -0.39 is 5.60 Å². The van der Waals surface area contributed by atoms with Crippen LogP contribution < -0.4 is 20.6 Å². The lowest BCUT2D eigenvalue weighted by Crippen LogP contribution is -2.42. The Balaban J connectivity index is 1.11. The van der Waals surface area contributed by atoms with Gasteiger partial charge in [-0.25, -0.2) is 4.98 Å². The van der Waals surface area contributed by atoms with Gasteiger partial charge in [0.25, 0.3) is 0 Å². The number of methoxy groups -OCH3 is 2. The van der Waals surface area contributed by atoms with Gasteiger partial charge in [0.2, 0.25) is 0 Å². The van der Waals surface area contributed by atoms with E-state index in [9.17, 15) is 9.59 Å². The Hall–Kier alpha value is -5.33. The van der Waals surface area contributed by atoms with Crippen LogP contribution in [0.5, 0.6) is 11.5 Å². The van der Waals surface area contributed by atoms with Gasteiger partial charge in [-0.2, -0.15) is 0 Å². The van der Waals surface area contributed by atoms with Gasteiger partial charge in [0, 0.05) is 74.9 Å². The van der Waals surface area contributed by atoms with Crippen molar-refractivity contribution in [2.75, 3.05) is 59.6 Å². The first-order valence-electron chi connectivity index (χ1n) is 18.6. The molecule has 2 aliphatic rings. The largest absolute Gasteiger partial charge is 0.493 e. The lowest BCUT2D eigenvalue weighted by atomic mass is 9.93. The number of anilines is 1. The van der Waals surface area contributed by atoms with Crippen LogP contribution in [0, 0.1) is 6.92 Å². The molecule has 0 unspecified atom stereocenters. The number of aromatic nitrogens is 2. The average molecular weight is 746 g/mol. The highest BCUT2D eigenvalue weighted by Gasteiger charge is 2.33. The maximum Gasteiger partial charge on any atom is 0.200 e. The monoisotopic (exact) mass is 745 g/mol. The zero-order valence-electron chi connectivity index (χ0n) is 31.5. The number of ether oxygens (including phenoxy) is 6. The first-order chi connectivity index (χ1) is 26.7. The molecule has 2 fully saturated rings. The third-order valence-corrected chi connectivity index (χ3v) is 10.4. The van der Waals surface area contributed by atoms with Crippen molar-refractivity contribution in [1.29, 1.82) is 0 Å². The molecule has 1 atom stereocenters. The number of nitrogens with zero attached hydrogens (tertiary/aromatic N) is 2. The van der Waals surface area contributed by atoms with E-state index in [1.165, 1.54) is 0 Å². The number of nitrogens with two attached hydrogens (primary N) is 1. The molecule has 7 rings (SSSR count). The number of hydrogen-bond donors (Lipinski definition) is 1. The number of ketones is 1. The minimum absolute atomic E-state index is 0.0536. The number of rotatable bonds is 13. The lowest BCUT2D eigenvalue weighted by Gasteiger charge is -2.36. The van der Waals surface area contributed by atoms with Crippen molar-refractivity contribution >= 4 is 11.6 Å². The summed E-state index contributed by atoms with van der Waals surface area (Å²) in [5.74, 6) is 1.30. The average Bonchev–Trinajstić information content (AvgIpc) is 3.22. The summed E-state index contributed by atoms with van der Waals surface area (Å²) in [5, 5.41) is 0. The number of aryl methyl sites for hydroxylation is 1. The molecule has 0 aliphatic carbocycles. The lowest BCUT2D eigenvalue weighted by molar-refractivity contribution is -0.101. The third kappa shape index (κ3) is 8.81. The molecular formula is C44H47N3O8. The fraction of sp³-hybridized carbons (Fsp3) is 0.341. The Kier molecular flexibility index (Phi) is 11.7. The summed E-state index contributed by atoms with van der Waals surface area (Å²) in [5.41, 5.74) is 12.2. The standard InChI is InChI=1S/C44H47N3O8/c1-29-4-8-32(9-5-29)37-24-47(28-44(51-3)14-16-52-17-15-44)25-38(42(37)49)39(48)20-30-6-10-31(11-7-30)36-21-34(23-46-43(36)45)33-12-13-40(41(22-33)50-2)55-27-35-26-53-18-19-54-35/h4-13,21-25,35H,14-20,26-28H2,1-3H3,(H2,45,46)/t35-/m1/s1. The Labute approximate surface area is 320 Å². The predicted octanol–water partition coefficient (Wildman–Crippen LogP) is 6.56. The molecule has 5 aromatic rings. The molecule has 0 bridgehead atoms. The number of carbonyl (C=O) groups is 1. The smallest absolute Gasteiger partial charge is 0.200 e. The van der Waals surface area contributed by atoms with Crippen LogP contribution >= 0.6 is 0 Å². The first-order valence-corrected chi connectivity index (χ1v) is 18.6.